The predicted molar refractivity (Wildman–Crippen MR) is 77.5 cm³/mol. The highest BCUT2D eigenvalue weighted by Gasteiger charge is 2.40. The zero-order valence-electron chi connectivity index (χ0n) is 13.4. The van der Waals surface area contributed by atoms with E-state index in [1.54, 1.807) is 6.92 Å². The van der Waals surface area contributed by atoms with Crippen molar-refractivity contribution in [3.63, 3.8) is 0 Å². The first kappa shape index (κ1) is 19.5. The molecule has 1 rings (SSSR count). The van der Waals surface area contributed by atoms with E-state index in [0.717, 1.165) is 4.90 Å². The number of rotatable bonds is 7. The van der Waals surface area contributed by atoms with Gasteiger partial charge in [-0.25, -0.2) is 4.79 Å². The summed E-state index contributed by atoms with van der Waals surface area (Å²) in [6.07, 6.45) is -3.49. The van der Waals surface area contributed by atoms with Crippen molar-refractivity contribution in [2.24, 2.45) is 17.6 Å². The van der Waals surface area contributed by atoms with Crippen LogP contribution in [-0.4, -0.2) is 55.4 Å². The molecule has 1 saturated heterocycles. The molecule has 2 unspecified atom stereocenters. The highest BCUT2D eigenvalue weighted by molar-refractivity contribution is 5.80. The maximum absolute atomic E-state index is 12.6. The van der Waals surface area contributed by atoms with Crippen LogP contribution in [0.5, 0.6) is 0 Å². The molecule has 23 heavy (non-hydrogen) atoms. The van der Waals surface area contributed by atoms with Gasteiger partial charge in [0.2, 0.25) is 5.91 Å². The van der Waals surface area contributed by atoms with E-state index in [1.807, 2.05) is 6.92 Å². The van der Waals surface area contributed by atoms with Crippen molar-refractivity contribution in [2.45, 2.75) is 38.9 Å². The first-order valence-electron chi connectivity index (χ1n) is 7.68. The maximum atomic E-state index is 12.6. The average Bonchev–Trinajstić information content (AvgIpc) is 2.58. The number of carbonyl (C=O) groups excluding carboxylic acids is 2. The van der Waals surface area contributed by atoms with Crippen molar-refractivity contribution in [1.82, 2.24) is 10.2 Å². The van der Waals surface area contributed by atoms with Crippen LogP contribution in [0.3, 0.4) is 0 Å². The van der Waals surface area contributed by atoms with Gasteiger partial charge in [0.05, 0.1) is 12.5 Å². The quantitative estimate of drug-likeness (QED) is 0.737. The van der Waals surface area contributed by atoms with E-state index in [0.29, 0.717) is 19.4 Å². The van der Waals surface area contributed by atoms with Gasteiger partial charge in [-0.3, -0.25) is 4.79 Å². The predicted octanol–water partition coefficient (Wildman–Crippen LogP) is 1.50. The number of ether oxygens (including phenoxy) is 1. The molecule has 0 aromatic heterocycles. The molecule has 0 aromatic carbocycles. The van der Waals surface area contributed by atoms with E-state index in [-0.39, 0.29) is 19.1 Å². The molecule has 9 heteroatoms. The second kappa shape index (κ2) is 8.37. The van der Waals surface area contributed by atoms with Gasteiger partial charge in [0.25, 0.3) is 0 Å². The van der Waals surface area contributed by atoms with E-state index < -0.39 is 36.6 Å². The first-order chi connectivity index (χ1) is 10.7. The van der Waals surface area contributed by atoms with Gasteiger partial charge < -0.3 is 20.7 Å². The topological polar surface area (TPSA) is 84.7 Å². The number of alkyl halides is 3. The van der Waals surface area contributed by atoms with E-state index in [2.05, 4.69) is 5.32 Å². The highest BCUT2D eigenvalue weighted by atomic mass is 19.4. The summed E-state index contributed by atoms with van der Waals surface area (Å²) < 4.78 is 42.9. The smallest absolute Gasteiger partial charge is 0.381 e. The molecule has 0 aromatic rings. The summed E-state index contributed by atoms with van der Waals surface area (Å²) in [6, 6.07) is -1.46. The summed E-state index contributed by atoms with van der Waals surface area (Å²) in [4.78, 5) is 24.5. The van der Waals surface area contributed by atoms with Crippen LogP contribution in [0.2, 0.25) is 0 Å². The van der Waals surface area contributed by atoms with Gasteiger partial charge in [-0.1, -0.05) is 13.3 Å². The lowest BCUT2D eigenvalue weighted by molar-refractivity contribution is -0.140. The number of hydrogen-bond donors (Lipinski definition) is 2. The van der Waals surface area contributed by atoms with Gasteiger partial charge >= 0.3 is 12.2 Å². The van der Waals surface area contributed by atoms with Gasteiger partial charge in [0.1, 0.15) is 6.54 Å². The van der Waals surface area contributed by atoms with Crippen molar-refractivity contribution in [3.8, 4) is 0 Å². The lowest BCUT2D eigenvalue weighted by Crippen LogP contribution is -2.52. The van der Waals surface area contributed by atoms with Gasteiger partial charge in [-0.15, -0.1) is 0 Å². The van der Waals surface area contributed by atoms with Crippen LogP contribution in [-0.2, 0) is 9.53 Å². The average molecular weight is 339 g/mol. The molecule has 3 amide bonds. The van der Waals surface area contributed by atoms with Crippen LogP contribution in [0.25, 0.3) is 0 Å². The standard InChI is InChI=1S/C14H24F3N3O3/c1-3-9-5-6-20(8-14(15,16)17)13(22)19-11(9)10(12(18)21)7-23-4-2/h9-11H,3-8H2,1-2H3,(H2,18,21)(H,19,22)/t9?,10-,11?/m1/s1. The molecule has 6 nitrogen and oxygen atoms in total. The minimum atomic E-state index is -4.46. The van der Waals surface area contributed by atoms with Crippen molar-refractivity contribution < 1.29 is 27.5 Å². The van der Waals surface area contributed by atoms with E-state index in [9.17, 15) is 22.8 Å². The Labute approximate surface area is 133 Å². The molecule has 134 valence electrons. The van der Waals surface area contributed by atoms with Crippen molar-refractivity contribution in [1.29, 1.82) is 0 Å². The fourth-order valence-electron chi connectivity index (χ4n) is 2.82. The monoisotopic (exact) mass is 339 g/mol. The third kappa shape index (κ3) is 5.89. The summed E-state index contributed by atoms with van der Waals surface area (Å²) in [5.74, 6) is -1.55. The number of carbonyl (C=O) groups is 2. The molecule has 1 aliphatic rings. The zero-order chi connectivity index (χ0) is 17.6. The fourth-order valence-corrected chi connectivity index (χ4v) is 2.82. The number of nitrogens with zero attached hydrogens (tertiary/aromatic N) is 1. The number of nitrogens with two attached hydrogens (primary N) is 1. The lowest BCUT2D eigenvalue weighted by Gasteiger charge is -2.30. The SMILES string of the molecule is CCOC[C@@H](C(N)=O)C1NC(=O)N(CC(F)(F)F)CCC1CC. The van der Waals surface area contributed by atoms with Crippen LogP contribution in [0, 0.1) is 11.8 Å². The molecule has 0 bridgehead atoms. The van der Waals surface area contributed by atoms with E-state index in [4.69, 9.17) is 10.5 Å². The molecule has 3 atom stereocenters. The summed E-state index contributed by atoms with van der Waals surface area (Å²) in [6.45, 7) is 2.71. The highest BCUT2D eigenvalue weighted by Crippen LogP contribution is 2.26. The fraction of sp³-hybridized carbons (Fsp3) is 0.857. The molecule has 0 saturated carbocycles. The molecule has 0 spiro atoms. The number of urea groups is 1. The van der Waals surface area contributed by atoms with E-state index >= 15 is 0 Å². The van der Waals surface area contributed by atoms with Crippen LogP contribution < -0.4 is 11.1 Å². The summed E-state index contributed by atoms with van der Waals surface area (Å²) in [5, 5.41) is 2.55. The van der Waals surface area contributed by atoms with Gasteiger partial charge in [0.15, 0.2) is 0 Å². The normalized spacial score (nSPS) is 24.0. The molecule has 1 fully saturated rings. The Hall–Kier alpha value is -1.51. The van der Waals surface area contributed by atoms with Gasteiger partial charge in [-0.2, -0.15) is 13.2 Å². The number of hydrogen-bond acceptors (Lipinski definition) is 3. The van der Waals surface area contributed by atoms with Crippen LogP contribution in [0.1, 0.15) is 26.7 Å². The Morgan fingerprint density at radius 1 is 1.48 bits per heavy atom. The Morgan fingerprint density at radius 2 is 2.13 bits per heavy atom. The Bertz CT molecular complexity index is 418. The molecular weight excluding hydrogens is 315 g/mol. The van der Waals surface area contributed by atoms with Gasteiger partial charge in [0, 0.05) is 19.2 Å². The van der Waals surface area contributed by atoms with Crippen LogP contribution >= 0.6 is 0 Å². The van der Waals surface area contributed by atoms with E-state index in [1.165, 1.54) is 0 Å². The van der Waals surface area contributed by atoms with Crippen LogP contribution in [0.4, 0.5) is 18.0 Å². The number of halogens is 3. The molecule has 1 heterocycles. The van der Waals surface area contributed by atoms with Crippen molar-refractivity contribution in [2.75, 3.05) is 26.3 Å². The number of primary amides is 1. The largest absolute Gasteiger partial charge is 0.406 e. The summed E-state index contributed by atoms with van der Waals surface area (Å²) in [7, 11) is 0. The molecular formula is C14H24F3N3O3. The number of amides is 3. The third-order valence-corrected chi connectivity index (χ3v) is 4.05. The van der Waals surface area contributed by atoms with Crippen LogP contribution in [0.15, 0.2) is 0 Å². The van der Waals surface area contributed by atoms with Gasteiger partial charge in [-0.05, 0) is 19.3 Å². The Morgan fingerprint density at radius 3 is 2.61 bits per heavy atom. The second-order valence-corrected chi connectivity index (χ2v) is 5.64. The zero-order valence-corrected chi connectivity index (χ0v) is 13.4. The minimum absolute atomic E-state index is 0.0134. The molecule has 1 aliphatic heterocycles. The number of nitrogens with one attached hydrogen (secondary N) is 1. The summed E-state index contributed by atoms with van der Waals surface area (Å²) in [5.41, 5.74) is 5.39. The lowest BCUT2D eigenvalue weighted by atomic mass is 9.84. The first-order valence-corrected chi connectivity index (χ1v) is 7.68. The third-order valence-electron chi connectivity index (χ3n) is 4.05. The molecule has 0 aliphatic carbocycles. The Kier molecular flexibility index (Phi) is 7.11. The molecule has 0 radical (unpaired) electrons. The maximum Gasteiger partial charge on any atom is 0.406 e. The minimum Gasteiger partial charge on any atom is -0.381 e. The van der Waals surface area contributed by atoms with Crippen molar-refractivity contribution in [3.05, 3.63) is 0 Å². The molecule has 3 N–H and O–H groups in total. The summed E-state index contributed by atoms with van der Waals surface area (Å²) >= 11 is 0. The van der Waals surface area contributed by atoms with Crippen molar-refractivity contribution >= 4 is 11.9 Å². The second-order valence-electron chi connectivity index (χ2n) is 5.64. The Balaban J connectivity index is 2.92.